The third-order valence-corrected chi connectivity index (χ3v) is 3.50. The van der Waals surface area contributed by atoms with Crippen molar-refractivity contribution in [1.82, 2.24) is 9.78 Å². The summed E-state index contributed by atoms with van der Waals surface area (Å²) in [5.74, 6) is 0.915. The molecule has 106 valence electrons. The summed E-state index contributed by atoms with van der Waals surface area (Å²) in [4.78, 5) is 0. The largest absolute Gasteiger partial charge is 0.416 e. The fourth-order valence-corrected chi connectivity index (χ4v) is 2.55. The van der Waals surface area contributed by atoms with Crippen molar-refractivity contribution in [3.8, 4) is 0 Å². The Morgan fingerprint density at radius 3 is 2.60 bits per heavy atom. The zero-order valence-electron chi connectivity index (χ0n) is 10.9. The zero-order valence-corrected chi connectivity index (χ0v) is 10.9. The van der Waals surface area contributed by atoms with Crippen molar-refractivity contribution < 1.29 is 13.2 Å². The Kier molecular flexibility index (Phi) is 2.96. The first-order valence-corrected chi connectivity index (χ1v) is 6.42. The van der Waals surface area contributed by atoms with Crippen LogP contribution in [0.2, 0.25) is 0 Å². The summed E-state index contributed by atoms with van der Waals surface area (Å²) < 4.78 is 39.6. The summed E-state index contributed by atoms with van der Waals surface area (Å²) in [5, 5.41) is 7.65. The maximum absolute atomic E-state index is 12.6. The normalized spacial score (nSPS) is 18.5. The van der Waals surface area contributed by atoms with Crippen LogP contribution in [0.25, 0.3) is 0 Å². The minimum Gasteiger partial charge on any atom is -0.370 e. The van der Waals surface area contributed by atoms with Crippen LogP contribution >= 0.6 is 0 Å². The number of fused-ring (bicyclic) bond motifs is 1. The number of rotatable bonds is 1. The van der Waals surface area contributed by atoms with Gasteiger partial charge in [0.2, 0.25) is 0 Å². The van der Waals surface area contributed by atoms with Crippen LogP contribution in [0.3, 0.4) is 0 Å². The van der Waals surface area contributed by atoms with E-state index in [9.17, 15) is 13.2 Å². The Morgan fingerprint density at radius 1 is 1.25 bits per heavy atom. The molecule has 2 heterocycles. The Morgan fingerprint density at radius 2 is 1.95 bits per heavy atom. The smallest absolute Gasteiger partial charge is 0.370 e. The molecule has 2 aromatic rings. The molecule has 1 aromatic heterocycles. The van der Waals surface area contributed by atoms with Gasteiger partial charge in [-0.1, -0.05) is 12.1 Å². The predicted molar refractivity (Wildman–Crippen MR) is 69.7 cm³/mol. The fraction of sp³-hybridized carbons (Fsp3) is 0.357. The molecule has 1 N–H and O–H groups in total. The van der Waals surface area contributed by atoms with E-state index in [0.29, 0.717) is 0 Å². The Hall–Kier alpha value is -1.98. The third-order valence-electron chi connectivity index (χ3n) is 3.50. The van der Waals surface area contributed by atoms with Gasteiger partial charge in [-0.15, -0.1) is 0 Å². The van der Waals surface area contributed by atoms with E-state index in [1.54, 1.807) is 12.1 Å². The lowest BCUT2D eigenvalue weighted by Gasteiger charge is -2.26. The number of halogens is 3. The lowest BCUT2D eigenvalue weighted by Crippen LogP contribution is -2.24. The minimum atomic E-state index is -4.29. The molecule has 0 amide bonds. The maximum atomic E-state index is 12.6. The molecule has 3 rings (SSSR count). The summed E-state index contributed by atoms with van der Waals surface area (Å²) in [6, 6.07) is 7.28. The third kappa shape index (κ3) is 2.26. The van der Waals surface area contributed by atoms with Crippen LogP contribution < -0.4 is 5.32 Å². The predicted octanol–water partition coefficient (Wildman–Crippen LogP) is 3.62. The van der Waals surface area contributed by atoms with Gasteiger partial charge < -0.3 is 5.32 Å². The number of anilines is 1. The molecule has 0 saturated heterocycles. The van der Waals surface area contributed by atoms with Gasteiger partial charge in [-0.3, -0.25) is 0 Å². The minimum absolute atomic E-state index is 0.0118. The fourth-order valence-electron chi connectivity index (χ4n) is 2.55. The average Bonchev–Trinajstić information content (AvgIpc) is 2.78. The van der Waals surface area contributed by atoms with Gasteiger partial charge in [0.15, 0.2) is 0 Å². The molecule has 0 aliphatic carbocycles. The first-order chi connectivity index (χ1) is 9.45. The summed E-state index contributed by atoms with van der Waals surface area (Å²) in [7, 11) is 0. The SMILES string of the molecule is Cc1cc2n(n1)C(c1ccc(C(F)(F)F)cc1)CCN2. The van der Waals surface area contributed by atoms with Gasteiger partial charge in [-0.25, -0.2) is 4.68 Å². The lowest BCUT2D eigenvalue weighted by molar-refractivity contribution is -0.137. The van der Waals surface area contributed by atoms with Crippen molar-refractivity contribution in [2.75, 3.05) is 11.9 Å². The van der Waals surface area contributed by atoms with Gasteiger partial charge in [-0.2, -0.15) is 18.3 Å². The maximum Gasteiger partial charge on any atom is 0.416 e. The zero-order chi connectivity index (χ0) is 14.3. The highest BCUT2D eigenvalue weighted by atomic mass is 19.4. The molecular formula is C14H14F3N3. The summed E-state index contributed by atoms with van der Waals surface area (Å²) in [6.45, 7) is 2.69. The van der Waals surface area contributed by atoms with Crippen molar-refractivity contribution in [3.63, 3.8) is 0 Å². The molecule has 1 aromatic carbocycles. The summed E-state index contributed by atoms with van der Waals surface area (Å²) in [5.41, 5.74) is 1.13. The van der Waals surface area contributed by atoms with Crippen LogP contribution in [0, 0.1) is 6.92 Å². The standard InChI is InChI=1S/C14H14F3N3/c1-9-8-13-18-7-6-12(20(13)19-9)10-2-4-11(5-3-10)14(15,16)17/h2-5,8,12,18H,6-7H2,1H3. The summed E-state index contributed by atoms with van der Waals surface area (Å²) in [6.07, 6.45) is -3.49. The van der Waals surface area contributed by atoms with Crippen LogP contribution in [-0.2, 0) is 6.18 Å². The van der Waals surface area contributed by atoms with Crippen LogP contribution in [0.1, 0.15) is 29.3 Å². The Bertz CT molecular complexity index is 614. The molecule has 20 heavy (non-hydrogen) atoms. The van der Waals surface area contributed by atoms with Crippen LogP contribution in [-0.4, -0.2) is 16.3 Å². The number of alkyl halides is 3. The monoisotopic (exact) mass is 281 g/mol. The lowest BCUT2D eigenvalue weighted by atomic mass is 10.0. The summed E-state index contributed by atoms with van der Waals surface area (Å²) >= 11 is 0. The molecule has 1 unspecified atom stereocenters. The highest BCUT2D eigenvalue weighted by Gasteiger charge is 2.30. The molecular weight excluding hydrogens is 267 g/mol. The number of hydrogen-bond donors (Lipinski definition) is 1. The van der Waals surface area contributed by atoms with Gasteiger partial charge >= 0.3 is 6.18 Å². The molecule has 1 atom stereocenters. The van der Waals surface area contributed by atoms with Gasteiger partial charge in [0.1, 0.15) is 5.82 Å². The highest BCUT2D eigenvalue weighted by Crippen LogP contribution is 2.33. The molecule has 1 aliphatic heterocycles. The average molecular weight is 281 g/mol. The Balaban J connectivity index is 1.94. The van der Waals surface area contributed by atoms with E-state index in [4.69, 9.17) is 0 Å². The van der Waals surface area contributed by atoms with E-state index in [1.165, 1.54) is 0 Å². The second-order valence-corrected chi connectivity index (χ2v) is 4.97. The molecule has 1 aliphatic rings. The van der Waals surface area contributed by atoms with E-state index in [2.05, 4.69) is 10.4 Å². The number of benzene rings is 1. The van der Waals surface area contributed by atoms with Crippen molar-refractivity contribution in [1.29, 1.82) is 0 Å². The van der Waals surface area contributed by atoms with Gasteiger partial charge in [0.25, 0.3) is 0 Å². The number of aryl methyl sites for hydroxylation is 1. The van der Waals surface area contributed by atoms with Crippen molar-refractivity contribution in [3.05, 3.63) is 47.2 Å². The van der Waals surface area contributed by atoms with Crippen molar-refractivity contribution in [2.45, 2.75) is 25.6 Å². The molecule has 0 spiro atoms. The van der Waals surface area contributed by atoms with Crippen LogP contribution in [0.4, 0.5) is 19.0 Å². The second-order valence-electron chi connectivity index (χ2n) is 4.97. The second kappa shape index (κ2) is 4.54. The van der Waals surface area contributed by atoms with Crippen molar-refractivity contribution >= 4 is 5.82 Å². The van der Waals surface area contributed by atoms with E-state index in [0.717, 1.165) is 42.2 Å². The van der Waals surface area contributed by atoms with Gasteiger partial charge in [-0.05, 0) is 31.0 Å². The first-order valence-electron chi connectivity index (χ1n) is 6.42. The number of aromatic nitrogens is 2. The van der Waals surface area contributed by atoms with Crippen LogP contribution in [0.5, 0.6) is 0 Å². The van der Waals surface area contributed by atoms with E-state index in [1.807, 2.05) is 17.7 Å². The van der Waals surface area contributed by atoms with Crippen LogP contribution in [0.15, 0.2) is 30.3 Å². The van der Waals surface area contributed by atoms with Crippen molar-refractivity contribution in [2.24, 2.45) is 0 Å². The quantitative estimate of drug-likeness (QED) is 0.865. The van der Waals surface area contributed by atoms with E-state index < -0.39 is 11.7 Å². The molecule has 3 nitrogen and oxygen atoms in total. The number of nitrogens with zero attached hydrogens (tertiary/aromatic N) is 2. The number of nitrogens with one attached hydrogen (secondary N) is 1. The van der Waals surface area contributed by atoms with Gasteiger partial charge in [0.05, 0.1) is 17.3 Å². The topological polar surface area (TPSA) is 29.9 Å². The highest BCUT2D eigenvalue weighted by molar-refractivity contribution is 5.41. The molecule has 0 saturated carbocycles. The first kappa shape index (κ1) is 13.0. The molecule has 0 bridgehead atoms. The molecule has 0 radical (unpaired) electrons. The molecule has 0 fully saturated rings. The number of hydrogen-bond acceptors (Lipinski definition) is 2. The molecule has 6 heteroatoms. The van der Waals surface area contributed by atoms with E-state index >= 15 is 0 Å². The van der Waals surface area contributed by atoms with Gasteiger partial charge in [0, 0.05) is 12.6 Å². The van der Waals surface area contributed by atoms with E-state index in [-0.39, 0.29) is 6.04 Å². The Labute approximate surface area is 114 Å².